The molecule has 0 fully saturated rings. The molecule has 3 rings (SSSR count). The summed E-state index contributed by atoms with van der Waals surface area (Å²) < 4.78 is 27.6. The molecule has 2 aromatic rings. The van der Waals surface area contributed by atoms with Crippen LogP contribution in [0.4, 0.5) is 11.4 Å². The lowest BCUT2D eigenvalue weighted by molar-refractivity contribution is -0.384. The molecule has 0 amide bonds. The number of nitro benzene ring substituents is 1. The SMILES string of the molecule is CC(c1ccc([N+](=O)[O-])cc1)S(=O)(=O)N1CCCc2ccccc21. The Morgan fingerprint density at radius 1 is 1.12 bits per heavy atom. The molecular weight excluding hydrogens is 328 g/mol. The molecule has 0 saturated heterocycles. The van der Waals surface area contributed by atoms with Crippen LogP contribution in [-0.2, 0) is 16.4 Å². The van der Waals surface area contributed by atoms with Crippen LogP contribution in [-0.4, -0.2) is 19.9 Å². The molecule has 0 aromatic heterocycles. The Labute approximate surface area is 140 Å². The second-order valence-electron chi connectivity index (χ2n) is 5.84. The van der Waals surface area contributed by atoms with Gasteiger partial charge in [-0.15, -0.1) is 0 Å². The zero-order valence-corrected chi connectivity index (χ0v) is 14.1. The van der Waals surface area contributed by atoms with Crippen LogP contribution in [0.1, 0.15) is 29.7 Å². The largest absolute Gasteiger partial charge is 0.269 e. The van der Waals surface area contributed by atoms with Crippen LogP contribution < -0.4 is 4.31 Å². The van der Waals surface area contributed by atoms with Gasteiger partial charge in [-0.3, -0.25) is 14.4 Å². The summed E-state index contributed by atoms with van der Waals surface area (Å²) in [5.41, 5.74) is 2.26. The molecule has 0 bridgehead atoms. The summed E-state index contributed by atoms with van der Waals surface area (Å²) in [5, 5.41) is 9.97. The Hall–Kier alpha value is -2.41. The van der Waals surface area contributed by atoms with Gasteiger partial charge in [0.2, 0.25) is 10.0 Å². The van der Waals surface area contributed by atoms with Crippen LogP contribution in [0.3, 0.4) is 0 Å². The lowest BCUT2D eigenvalue weighted by Gasteiger charge is -2.32. The molecule has 1 aliphatic heterocycles. The van der Waals surface area contributed by atoms with Crippen LogP contribution in [0, 0.1) is 10.1 Å². The Morgan fingerprint density at radius 3 is 2.46 bits per heavy atom. The van der Waals surface area contributed by atoms with Gasteiger partial charge < -0.3 is 0 Å². The van der Waals surface area contributed by atoms with Crippen molar-refractivity contribution in [2.45, 2.75) is 25.0 Å². The molecule has 0 aliphatic carbocycles. The van der Waals surface area contributed by atoms with Crippen molar-refractivity contribution in [1.82, 2.24) is 0 Å². The molecule has 0 radical (unpaired) electrons. The Bertz CT molecular complexity index is 862. The van der Waals surface area contributed by atoms with Crippen LogP contribution in [0.2, 0.25) is 0 Å². The number of aryl methyl sites for hydroxylation is 1. The highest BCUT2D eigenvalue weighted by atomic mass is 32.2. The highest BCUT2D eigenvalue weighted by Gasteiger charge is 2.33. The third kappa shape index (κ3) is 2.87. The first-order valence-corrected chi connectivity index (χ1v) is 9.25. The summed E-state index contributed by atoms with van der Waals surface area (Å²) in [6.45, 7) is 2.07. The van der Waals surface area contributed by atoms with Crippen molar-refractivity contribution in [3.63, 3.8) is 0 Å². The highest BCUT2D eigenvalue weighted by molar-refractivity contribution is 7.93. The predicted molar refractivity (Wildman–Crippen MR) is 92.5 cm³/mol. The van der Waals surface area contributed by atoms with Gasteiger partial charge in [0.1, 0.15) is 5.25 Å². The maximum Gasteiger partial charge on any atom is 0.269 e. The minimum Gasteiger partial charge on any atom is -0.269 e. The molecule has 126 valence electrons. The average molecular weight is 346 g/mol. The average Bonchev–Trinajstić information content (AvgIpc) is 2.60. The maximum atomic E-state index is 13.1. The smallest absolute Gasteiger partial charge is 0.269 e. The topological polar surface area (TPSA) is 80.5 Å². The van der Waals surface area contributed by atoms with Crippen molar-refractivity contribution in [3.05, 3.63) is 69.8 Å². The van der Waals surface area contributed by atoms with E-state index in [0.29, 0.717) is 12.1 Å². The van der Waals surface area contributed by atoms with Crippen LogP contribution in [0.15, 0.2) is 48.5 Å². The van der Waals surface area contributed by atoms with Gasteiger partial charge in [-0.2, -0.15) is 0 Å². The molecule has 0 N–H and O–H groups in total. The van der Waals surface area contributed by atoms with Crippen LogP contribution >= 0.6 is 0 Å². The fourth-order valence-corrected chi connectivity index (χ4v) is 4.71. The van der Waals surface area contributed by atoms with Gasteiger partial charge in [0.05, 0.1) is 10.6 Å². The van der Waals surface area contributed by atoms with E-state index in [1.54, 1.807) is 6.92 Å². The number of nitrogens with zero attached hydrogens (tertiary/aromatic N) is 2. The van der Waals surface area contributed by atoms with Gasteiger partial charge in [0.25, 0.3) is 5.69 Å². The highest BCUT2D eigenvalue weighted by Crippen LogP contribution is 2.34. The number of rotatable bonds is 4. The van der Waals surface area contributed by atoms with E-state index in [0.717, 1.165) is 24.1 Å². The second kappa shape index (κ2) is 6.24. The lowest BCUT2D eigenvalue weighted by Crippen LogP contribution is -2.37. The summed E-state index contributed by atoms with van der Waals surface area (Å²) in [5.74, 6) is 0. The third-order valence-electron chi connectivity index (χ3n) is 4.39. The molecule has 7 heteroatoms. The normalized spacial score (nSPS) is 15.6. The molecular formula is C17H18N2O4S. The zero-order valence-electron chi connectivity index (χ0n) is 13.3. The van der Waals surface area contributed by atoms with Gasteiger partial charge in [0, 0.05) is 18.7 Å². The zero-order chi connectivity index (χ0) is 17.3. The molecule has 0 spiro atoms. The molecule has 1 atom stereocenters. The van der Waals surface area contributed by atoms with E-state index in [9.17, 15) is 18.5 Å². The maximum absolute atomic E-state index is 13.1. The minimum atomic E-state index is -3.60. The molecule has 1 aliphatic rings. The number of benzene rings is 2. The number of hydrogen-bond donors (Lipinski definition) is 0. The van der Waals surface area contributed by atoms with Crippen LogP contribution in [0.25, 0.3) is 0 Å². The molecule has 0 saturated carbocycles. The van der Waals surface area contributed by atoms with E-state index >= 15 is 0 Å². The van der Waals surface area contributed by atoms with Crippen molar-refractivity contribution in [2.75, 3.05) is 10.8 Å². The number of sulfonamides is 1. The number of fused-ring (bicyclic) bond motifs is 1. The van der Waals surface area contributed by atoms with Gasteiger partial charge in [-0.05, 0) is 37.0 Å². The Kier molecular flexibility index (Phi) is 4.28. The molecule has 24 heavy (non-hydrogen) atoms. The number of hydrogen-bond acceptors (Lipinski definition) is 4. The summed E-state index contributed by atoms with van der Waals surface area (Å²) in [6, 6.07) is 13.2. The fourth-order valence-electron chi connectivity index (χ4n) is 2.99. The van der Waals surface area contributed by atoms with Crippen LogP contribution in [0.5, 0.6) is 0 Å². The first kappa shape index (κ1) is 16.4. The quantitative estimate of drug-likeness (QED) is 0.627. The van der Waals surface area contributed by atoms with E-state index in [1.807, 2.05) is 24.3 Å². The summed E-state index contributed by atoms with van der Waals surface area (Å²) in [6.07, 6.45) is 1.65. The fraction of sp³-hybridized carbons (Fsp3) is 0.294. The molecule has 6 nitrogen and oxygen atoms in total. The number of para-hydroxylation sites is 1. The third-order valence-corrected chi connectivity index (χ3v) is 6.55. The Balaban J connectivity index is 1.94. The molecule has 1 unspecified atom stereocenters. The van der Waals surface area contributed by atoms with E-state index < -0.39 is 20.2 Å². The van der Waals surface area contributed by atoms with E-state index in [4.69, 9.17) is 0 Å². The van der Waals surface area contributed by atoms with Crippen molar-refractivity contribution in [2.24, 2.45) is 0 Å². The monoisotopic (exact) mass is 346 g/mol. The second-order valence-corrected chi connectivity index (χ2v) is 8.02. The van der Waals surface area contributed by atoms with Crippen molar-refractivity contribution < 1.29 is 13.3 Å². The lowest BCUT2D eigenvalue weighted by atomic mass is 10.0. The summed E-state index contributed by atoms with van der Waals surface area (Å²) in [4.78, 5) is 10.2. The number of nitro groups is 1. The van der Waals surface area contributed by atoms with E-state index in [2.05, 4.69) is 0 Å². The first-order chi connectivity index (χ1) is 11.4. The Morgan fingerprint density at radius 2 is 1.79 bits per heavy atom. The minimum absolute atomic E-state index is 0.0494. The number of anilines is 1. The predicted octanol–water partition coefficient (Wildman–Crippen LogP) is 3.44. The summed E-state index contributed by atoms with van der Waals surface area (Å²) in [7, 11) is -3.60. The van der Waals surface area contributed by atoms with E-state index in [1.165, 1.54) is 28.6 Å². The van der Waals surface area contributed by atoms with E-state index in [-0.39, 0.29) is 5.69 Å². The van der Waals surface area contributed by atoms with Crippen molar-refractivity contribution in [3.8, 4) is 0 Å². The van der Waals surface area contributed by atoms with Gasteiger partial charge >= 0.3 is 0 Å². The number of non-ortho nitro benzene ring substituents is 1. The first-order valence-electron chi connectivity index (χ1n) is 7.75. The molecule has 2 aromatic carbocycles. The summed E-state index contributed by atoms with van der Waals surface area (Å²) >= 11 is 0. The van der Waals surface area contributed by atoms with Crippen molar-refractivity contribution in [1.29, 1.82) is 0 Å². The van der Waals surface area contributed by atoms with Gasteiger partial charge in [-0.25, -0.2) is 8.42 Å². The van der Waals surface area contributed by atoms with Crippen molar-refractivity contribution >= 4 is 21.4 Å². The van der Waals surface area contributed by atoms with Gasteiger partial charge in [-0.1, -0.05) is 30.3 Å². The van der Waals surface area contributed by atoms with Gasteiger partial charge in [0.15, 0.2) is 0 Å². The molecule has 1 heterocycles. The standard InChI is InChI=1S/C17H18N2O4S/c1-13(14-8-10-16(11-9-14)19(20)21)24(22,23)18-12-4-6-15-5-2-3-7-17(15)18/h2-3,5,7-11,13H,4,6,12H2,1H3.